The van der Waals surface area contributed by atoms with Gasteiger partial charge in [-0.3, -0.25) is 0 Å². The van der Waals surface area contributed by atoms with Crippen LogP contribution >= 0.6 is 0 Å². The standard InChI is InChI=1S/C20H19FN6O2/c21-17-13-22-20(24-18(17)26-8-1-2-9-26)25-23-12-16-7-4-10-27(16)15-6-3-5-14(11-15)19(28)29/h3-7,10-13H,1-2,8-9H2,(H,28,29)(H,22,24,25)/b23-12-. The summed E-state index contributed by atoms with van der Waals surface area (Å²) < 4.78 is 15.8. The third kappa shape index (κ3) is 4.08. The minimum atomic E-state index is -0.988. The molecule has 4 rings (SSSR count). The average Bonchev–Trinajstić information content (AvgIpc) is 3.41. The molecule has 1 saturated heterocycles. The van der Waals surface area contributed by atoms with Gasteiger partial charge in [-0.1, -0.05) is 6.07 Å². The third-order valence-corrected chi connectivity index (χ3v) is 4.64. The zero-order chi connectivity index (χ0) is 20.2. The van der Waals surface area contributed by atoms with Crippen molar-refractivity contribution >= 4 is 24.0 Å². The summed E-state index contributed by atoms with van der Waals surface area (Å²) in [7, 11) is 0. The topological polar surface area (TPSA) is 95.6 Å². The zero-order valence-electron chi connectivity index (χ0n) is 15.5. The minimum absolute atomic E-state index is 0.200. The number of carbonyl (C=O) groups is 1. The van der Waals surface area contributed by atoms with Gasteiger partial charge in [0, 0.05) is 25.0 Å². The van der Waals surface area contributed by atoms with Crippen LogP contribution in [0.15, 0.2) is 53.9 Å². The first-order valence-electron chi connectivity index (χ1n) is 9.19. The monoisotopic (exact) mass is 394 g/mol. The van der Waals surface area contributed by atoms with E-state index in [0.717, 1.165) is 37.8 Å². The van der Waals surface area contributed by atoms with Crippen LogP contribution in [0.25, 0.3) is 5.69 Å². The van der Waals surface area contributed by atoms with Crippen LogP contribution in [0.4, 0.5) is 16.2 Å². The Morgan fingerprint density at radius 1 is 1.24 bits per heavy atom. The Morgan fingerprint density at radius 2 is 2.07 bits per heavy atom. The van der Waals surface area contributed by atoms with E-state index < -0.39 is 11.8 Å². The average molecular weight is 394 g/mol. The zero-order valence-corrected chi connectivity index (χ0v) is 15.5. The number of hydrazone groups is 1. The number of anilines is 2. The molecule has 0 aliphatic carbocycles. The van der Waals surface area contributed by atoms with Gasteiger partial charge in [-0.05, 0) is 43.2 Å². The van der Waals surface area contributed by atoms with E-state index in [1.54, 1.807) is 22.9 Å². The van der Waals surface area contributed by atoms with E-state index in [2.05, 4.69) is 20.5 Å². The van der Waals surface area contributed by atoms with Gasteiger partial charge in [0.05, 0.1) is 23.7 Å². The molecule has 2 aromatic heterocycles. The lowest BCUT2D eigenvalue weighted by Crippen LogP contribution is -2.21. The van der Waals surface area contributed by atoms with E-state index in [9.17, 15) is 14.3 Å². The van der Waals surface area contributed by atoms with Crippen LogP contribution in [0.3, 0.4) is 0 Å². The molecule has 1 fully saturated rings. The fourth-order valence-electron chi connectivity index (χ4n) is 3.24. The van der Waals surface area contributed by atoms with Gasteiger partial charge in [-0.15, -0.1) is 0 Å². The highest BCUT2D eigenvalue weighted by Gasteiger charge is 2.18. The summed E-state index contributed by atoms with van der Waals surface area (Å²) >= 11 is 0. The summed E-state index contributed by atoms with van der Waals surface area (Å²) in [5.74, 6) is -0.952. The van der Waals surface area contributed by atoms with E-state index in [0.29, 0.717) is 5.69 Å². The summed E-state index contributed by atoms with van der Waals surface area (Å²) in [6, 6.07) is 10.3. The summed E-state index contributed by atoms with van der Waals surface area (Å²) in [6.45, 7) is 1.55. The van der Waals surface area contributed by atoms with Crippen molar-refractivity contribution in [1.29, 1.82) is 0 Å². The lowest BCUT2D eigenvalue weighted by atomic mass is 10.2. The predicted octanol–water partition coefficient (Wildman–Crippen LogP) is 3.15. The predicted molar refractivity (Wildman–Crippen MR) is 107 cm³/mol. The maximum atomic E-state index is 14.0. The molecule has 0 spiro atoms. The molecular formula is C20H19FN6O2. The number of rotatable bonds is 6. The summed E-state index contributed by atoms with van der Waals surface area (Å²) in [5.41, 5.74) is 4.35. The van der Waals surface area contributed by atoms with Crippen molar-refractivity contribution < 1.29 is 14.3 Å². The molecule has 1 aliphatic heterocycles. The van der Waals surface area contributed by atoms with Gasteiger partial charge in [0.2, 0.25) is 5.95 Å². The second-order valence-electron chi connectivity index (χ2n) is 6.59. The highest BCUT2D eigenvalue weighted by molar-refractivity contribution is 5.88. The third-order valence-electron chi connectivity index (χ3n) is 4.64. The van der Waals surface area contributed by atoms with Gasteiger partial charge in [0.25, 0.3) is 0 Å². The van der Waals surface area contributed by atoms with Crippen LogP contribution in [0, 0.1) is 5.82 Å². The Bertz CT molecular complexity index is 1060. The van der Waals surface area contributed by atoms with Gasteiger partial charge in [-0.25, -0.2) is 19.6 Å². The molecule has 3 heterocycles. The van der Waals surface area contributed by atoms with Crippen LogP contribution in [0.1, 0.15) is 28.9 Å². The SMILES string of the molecule is O=C(O)c1cccc(-n2cccc2/C=N\Nc2ncc(F)c(N3CCCC3)n2)c1. The number of aromatic carboxylic acids is 1. The van der Waals surface area contributed by atoms with Gasteiger partial charge in [0.15, 0.2) is 11.6 Å². The van der Waals surface area contributed by atoms with Crippen LogP contribution in [-0.2, 0) is 0 Å². The lowest BCUT2D eigenvalue weighted by molar-refractivity contribution is 0.0697. The Labute approximate surface area is 166 Å². The van der Waals surface area contributed by atoms with Crippen molar-refractivity contribution in [3.8, 4) is 5.69 Å². The molecule has 148 valence electrons. The van der Waals surface area contributed by atoms with Crippen LogP contribution < -0.4 is 10.3 Å². The summed E-state index contributed by atoms with van der Waals surface area (Å²) in [6.07, 6.45) is 6.55. The van der Waals surface area contributed by atoms with Crippen molar-refractivity contribution in [1.82, 2.24) is 14.5 Å². The molecule has 29 heavy (non-hydrogen) atoms. The molecule has 0 unspecified atom stereocenters. The Hall–Kier alpha value is -3.75. The van der Waals surface area contributed by atoms with E-state index in [1.807, 2.05) is 29.3 Å². The molecule has 3 aromatic rings. The van der Waals surface area contributed by atoms with Crippen LogP contribution in [-0.4, -0.2) is 44.9 Å². The molecule has 9 heteroatoms. The maximum absolute atomic E-state index is 14.0. The Morgan fingerprint density at radius 3 is 2.86 bits per heavy atom. The van der Waals surface area contributed by atoms with Gasteiger partial charge >= 0.3 is 5.97 Å². The molecule has 2 N–H and O–H groups in total. The second-order valence-corrected chi connectivity index (χ2v) is 6.59. The summed E-state index contributed by atoms with van der Waals surface area (Å²) in [4.78, 5) is 21.2. The van der Waals surface area contributed by atoms with Crippen molar-refractivity contribution in [2.45, 2.75) is 12.8 Å². The molecule has 0 radical (unpaired) electrons. The molecular weight excluding hydrogens is 375 g/mol. The first-order valence-corrected chi connectivity index (χ1v) is 9.19. The van der Waals surface area contributed by atoms with E-state index in [-0.39, 0.29) is 17.3 Å². The normalized spacial score (nSPS) is 13.9. The molecule has 0 amide bonds. The molecule has 1 aliphatic rings. The Balaban J connectivity index is 1.51. The number of nitrogens with zero attached hydrogens (tertiary/aromatic N) is 5. The molecule has 1 aromatic carbocycles. The summed E-state index contributed by atoms with van der Waals surface area (Å²) in [5, 5.41) is 13.3. The first kappa shape index (κ1) is 18.6. The van der Waals surface area contributed by atoms with Gasteiger partial charge < -0.3 is 14.6 Å². The maximum Gasteiger partial charge on any atom is 0.335 e. The second kappa shape index (κ2) is 8.09. The minimum Gasteiger partial charge on any atom is -0.478 e. The number of hydrogen-bond donors (Lipinski definition) is 2. The largest absolute Gasteiger partial charge is 0.478 e. The fourth-order valence-corrected chi connectivity index (χ4v) is 3.24. The lowest BCUT2D eigenvalue weighted by Gasteiger charge is -2.16. The smallest absolute Gasteiger partial charge is 0.335 e. The first-order chi connectivity index (χ1) is 14.1. The van der Waals surface area contributed by atoms with E-state index in [1.165, 1.54) is 6.07 Å². The molecule has 8 nitrogen and oxygen atoms in total. The highest BCUT2D eigenvalue weighted by Crippen LogP contribution is 2.21. The number of halogens is 1. The number of hydrogen-bond acceptors (Lipinski definition) is 6. The Kier molecular flexibility index (Phi) is 5.19. The number of benzene rings is 1. The molecule has 0 atom stereocenters. The van der Waals surface area contributed by atoms with Crippen molar-refractivity contribution in [2.75, 3.05) is 23.4 Å². The van der Waals surface area contributed by atoms with Crippen molar-refractivity contribution in [3.05, 3.63) is 65.9 Å². The number of carboxylic acid groups (broad SMARTS) is 1. The molecule has 0 saturated carbocycles. The highest BCUT2D eigenvalue weighted by atomic mass is 19.1. The van der Waals surface area contributed by atoms with Crippen LogP contribution in [0.2, 0.25) is 0 Å². The van der Waals surface area contributed by atoms with Crippen molar-refractivity contribution in [2.24, 2.45) is 5.10 Å². The number of carboxylic acids is 1. The van der Waals surface area contributed by atoms with Gasteiger partial charge in [0.1, 0.15) is 0 Å². The fraction of sp³-hybridized carbons (Fsp3) is 0.200. The van der Waals surface area contributed by atoms with Crippen LogP contribution in [0.5, 0.6) is 0 Å². The quantitative estimate of drug-likeness (QED) is 0.493. The van der Waals surface area contributed by atoms with E-state index in [4.69, 9.17) is 0 Å². The van der Waals surface area contributed by atoms with Gasteiger partial charge in [-0.2, -0.15) is 10.1 Å². The number of aromatic nitrogens is 3. The van der Waals surface area contributed by atoms with E-state index >= 15 is 0 Å². The van der Waals surface area contributed by atoms with Crippen molar-refractivity contribution in [3.63, 3.8) is 0 Å². The number of nitrogens with one attached hydrogen (secondary N) is 1. The molecule has 0 bridgehead atoms.